The molecular weight excluding hydrogens is 420 g/mol. The Kier molecular flexibility index (Phi) is 5.53. The summed E-state index contributed by atoms with van der Waals surface area (Å²) >= 11 is 0. The molecule has 33 heavy (non-hydrogen) atoms. The lowest BCUT2D eigenvalue weighted by molar-refractivity contribution is 0.0598. The molecule has 0 spiro atoms. The van der Waals surface area contributed by atoms with Gasteiger partial charge in [-0.2, -0.15) is 0 Å². The Bertz CT molecular complexity index is 1250. The average Bonchev–Trinajstić information content (AvgIpc) is 3.11. The Hall–Kier alpha value is -3.24. The molecular formula is C26H30N2O5. The van der Waals surface area contributed by atoms with Crippen molar-refractivity contribution in [3.8, 4) is 28.8 Å². The first-order valence-corrected chi connectivity index (χ1v) is 11.0. The van der Waals surface area contributed by atoms with Crippen LogP contribution >= 0.6 is 0 Å². The summed E-state index contributed by atoms with van der Waals surface area (Å²) in [4.78, 5) is 25.1. The zero-order valence-electron chi connectivity index (χ0n) is 20.2. The van der Waals surface area contributed by atoms with Crippen LogP contribution in [0.3, 0.4) is 0 Å². The van der Waals surface area contributed by atoms with Crippen molar-refractivity contribution in [3.63, 3.8) is 0 Å². The van der Waals surface area contributed by atoms with Gasteiger partial charge in [-0.25, -0.2) is 4.79 Å². The number of benzene rings is 1. The van der Waals surface area contributed by atoms with Gasteiger partial charge in [-0.15, -0.1) is 0 Å². The van der Waals surface area contributed by atoms with Crippen molar-refractivity contribution in [1.82, 2.24) is 4.68 Å². The van der Waals surface area contributed by atoms with Crippen molar-refractivity contribution in [2.75, 3.05) is 26.3 Å². The Morgan fingerprint density at radius 3 is 2.55 bits per heavy atom. The molecule has 0 amide bonds. The second-order valence-corrected chi connectivity index (χ2v) is 9.59. The van der Waals surface area contributed by atoms with Gasteiger partial charge in [0.05, 0.1) is 37.1 Å². The van der Waals surface area contributed by atoms with Gasteiger partial charge in [0, 0.05) is 24.9 Å². The Morgan fingerprint density at radius 2 is 1.91 bits per heavy atom. The highest BCUT2D eigenvalue weighted by atomic mass is 16.5. The lowest BCUT2D eigenvalue weighted by atomic mass is 9.91. The Labute approximate surface area is 194 Å². The molecule has 1 aromatic heterocycles. The first-order chi connectivity index (χ1) is 15.5. The maximum absolute atomic E-state index is 12.8. The van der Waals surface area contributed by atoms with Crippen LogP contribution in [0.2, 0.25) is 0 Å². The number of pyridine rings is 1. The summed E-state index contributed by atoms with van der Waals surface area (Å²) in [5.74, 6) is 6.37. The number of fused-ring (bicyclic) bond motifs is 6. The number of aromatic nitrogens is 1. The van der Waals surface area contributed by atoms with Gasteiger partial charge in [0.25, 0.3) is 0 Å². The number of nitrogens with zero attached hydrogens (tertiary/aromatic N) is 2. The molecule has 174 valence electrons. The van der Waals surface area contributed by atoms with Crippen molar-refractivity contribution in [2.24, 2.45) is 0 Å². The third-order valence-corrected chi connectivity index (χ3v) is 6.63. The van der Waals surface area contributed by atoms with Crippen molar-refractivity contribution in [1.29, 1.82) is 0 Å². The van der Waals surface area contributed by atoms with Crippen molar-refractivity contribution < 1.29 is 19.0 Å². The quantitative estimate of drug-likeness (QED) is 0.525. The Morgan fingerprint density at radius 1 is 1.18 bits per heavy atom. The fourth-order valence-electron chi connectivity index (χ4n) is 4.67. The van der Waals surface area contributed by atoms with E-state index in [2.05, 4.69) is 36.8 Å². The molecule has 7 heteroatoms. The van der Waals surface area contributed by atoms with E-state index in [-0.39, 0.29) is 22.6 Å². The largest absolute Gasteiger partial charge is 0.495 e. The summed E-state index contributed by atoms with van der Waals surface area (Å²) in [5, 5.41) is 2.25. The molecule has 1 atom stereocenters. The van der Waals surface area contributed by atoms with Gasteiger partial charge in [0.1, 0.15) is 16.9 Å². The first-order valence-electron chi connectivity index (χ1n) is 11.0. The second-order valence-electron chi connectivity index (χ2n) is 9.59. The minimum atomic E-state index is -0.640. The molecule has 0 aliphatic carbocycles. The number of carbonyl (C=O) groups excluding carboxylic acids is 1. The monoisotopic (exact) mass is 450 g/mol. The van der Waals surface area contributed by atoms with E-state index in [9.17, 15) is 9.59 Å². The zero-order chi connectivity index (χ0) is 24.1. The molecule has 1 fully saturated rings. The molecule has 1 aromatic carbocycles. The van der Waals surface area contributed by atoms with E-state index in [1.54, 1.807) is 20.4 Å². The normalized spacial score (nSPS) is 17.9. The smallest absolute Gasteiger partial charge is 0.343 e. The van der Waals surface area contributed by atoms with Crippen molar-refractivity contribution in [3.05, 3.63) is 51.3 Å². The maximum atomic E-state index is 12.8. The van der Waals surface area contributed by atoms with Crippen molar-refractivity contribution >= 4 is 5.97 Å². The van der Waals surface area contributed by atoms with E-state index in [0.717, 1.165) is 29.5 Å². The topological polar surface area (TPSA) is 70.0 Å². The van der Waals surface area contributed by atoms with Gasteiger partial charge in [0.15, 0.2) is 5.43 Å². The third kappa shape index (κ3) is 3.79. The highest BCUT2D eigenvalue weighted by Gasteiger charge is 2.45. The van der Waals surface area contributed by atoms with Gasteiger partial charge < -0.3 is 14.2 Å². The highest BCUT2D eigenvalue weighted by Crippen LogP contribution is 2.49. The summed E-state index contributed by atoms with van der Waals surface area (Å²) in [7, 11) is 4.52. The number of esters is 1. The second kappa shape index (κ2) is 7.96. The van der Waals surface area contributed by atoms with Crippen LogP contribution in [0.1, 0.15) is 68.1 Å². The standard InChI is InChI=1S/C26H30N2O5/c1-25(2)10-9-20-17-12-16(8-11-26(3,4)33-7)23(31-5)13-18(17)21-14-22(29)19(24(30)32-6)15-27(21)28(20)25/h12-15,20H,9-10H2,1-7H3. The number of hydrogen-bond acceptors (Lipinski definition) is 6. The van der Waals surface area contributed by atoms with E-state index >= 15 is 0 Å². The van der Waals surface area contributed by atoms with Gasteiger partial charge in [-0.1, -0.05) is 11.8 Å². The zero-order valence-corrected chi connectivity index (χ0v) is 20.2. The van der Waals surface area contributed by atoms with Crippen LogP contribution in [0.4, 0.5) is 0 Å². The van der Waals surface area contributed by atoms with E-state index < -0.39 is 11.6 Å². The van der Waals surface area contributed by atoms with Crippen LogP contribution in [0.15, 0.2) is 29.2 Å². The average molecular weight is 451 g/mol. The molecule has 0 N–H and O–H groups in total. The van der Waals surface area contributed by atoms with Gasteiger partial charge in [-0.05, 0) is 58.2 Å². The fraction of sp³-hybridized carbons (Fsp3) is 0.462. The van der Waals surface area contributed by atoms with E-state index in [1.807, 2.05) is 24.6 Å². The van der Waals surface area contributed by atoms with Crippen molar-refractivity contribution in [2.45, 2.75) is 57.7 Å². The van der Waals surface area contributed by atoms with Crippen LogP contribution in [0, 0.1) is 11.8 Å². The van der Waals surface area contributed by atoms with Crippen LogP contribution in [0.25, 0.3) is 11.3 Å². The molecule has 0 saturated carbocycles. The fourth-order valence-corrected chi connectivity index (χ4v) is 4.67. The van der Waals surface area contributed by atoms with Crippen LogP contribution in [0.5, 0.6) is 5.75 Å². The van der Waals surface area contributed by atoms with Gasteiger partial charge in [-0.3, -0.25) is 14.5 Å². The summed E-state index contributed by atoms with van der Waals surface area (Å²) < 4.78 is 17.9. The lowest BCUT2D eigenvalue weighted by Gasteiger charge is -2.44. The number of ether oxygens (including phenoxy) is 3. The molecule has 2 aliphatic heterocycles. The van der Waals surface area contributed by atoms with Gasteiger partial charge in [0.2, 0.25) is 0 Å². The van der Waals surface area contributed by atoms with Crippen LogP contribution in [-0.4, -0.2) is 43.1 Å². The number of carbonyl (C=O) groups is 1. The third-order valence-electron chi connectivity index (χ3n) is 6.63. The minimum absolute atomic E-state index is 0.0161. The van der Waals surface area contributed by atoms with E-state index in [1.165, 1.54) is 13.2 Å². The molecule has 2 aliphatic rings. The number of methoxy groups -OCH3 is 3. The highest BCUT2D eigenvalue weighted by molar-refractivity contribution is 5.89. The molecule has 0 radical (unpaired) electrons. The van der Waals surface area contributed by atoms with E-state index in [4.69, 9.17) is 14.2 Å². The predicted octanol–water partition coefficient (Wildman–Crippen LogP) is 3.65. The summed E-state index contributed by atoms with van der Waals surface area (Å²) in [5.41, 5.74) is 2.34. The molecule has 4 rings (SSSR count). The molecule has 7 nitrogen and oxygen atoms in total. The van der Waals surface area contributed by atoms with Crippen LogP contribution in [-0.2, 0) is 9.47 Å². The summed E-state index contributed by atoms with van der Waals surface area (Å²) in [6.45, 7) is 8.16. The first kappa shape index (κ1) is 22.9. The van der Waals surface area contributed by atoms with Gasteiger partial charge >= 0.3 is 5.97 Å². The Balaban J connectivity index is 1.99. The maximum Gasteiger partial charge on any atom is 0.343 e. The predicted molar refractivity (Wildman–Crippen MR) is 126 cm³/mol. The molecule has 1 saturated heterocycles. The summed E-state index contributed by atoms with van der Waals surface area (Å²) in [6, 6.07) is 5.57. The summed E-state index contributed by atoms with van der Waals surface area (Å²) in [6.07, 6.45) is 3.50. The number of rotatable bonds is 3. The van der Waals surface area contributed by atoms with Crippen LogP contribution < -0.4 is 15.2 Å². The molecule has 1 unspecified atom stereocenters. The molecule has 3 heterocycles. The number of hydrogen-bond donors (Lipinski definition) is 0. The van der Waals surface area contributed by atoms with E-state index in [0.29, 0.717) is 11.4 Å². The molecule has 0 bridgehead atoms. The minimum Gasteiger partial charge on any atom is -0.495 e. The lowest BCUT2D eigenvalue weighted by Crippen LogP contribution is -2.50. The molecule has 2 aromatic rings. The SMILES string of the molecule is COC(=O)c1cn2c(cc1=O)-c1cc(OC)c(C#CC(C)(C)OC)cc1C1CCC(C)(C)N12.